The zero-order chi connectivity index (χ0) is 13.1. The molecule has 1 aromatic rings. The summed E-state index contributed by atoms with van der Waals surface area (Å²) >= 11 is 5.88. The minimum absolute atomic E-state index is 0.0252. The lowest BCUT2D eigenvalue weighted by molar-refractivity contribution is -0.128. The van der Waals surface area contributed by atoms with Crippen molar-refractivity contribution in [1.82, 2.24) is 15.3 Å². The third-order valence-corrected chi connectivity index (χ3v) is 2.94. The van der Waals surface area contributed by atoms with Crippen molar-refractivity contribution in [2.75, 3.05) is 18.9 Å². The van der Waals surface area contributed by atoms with Gasteiger partial charge >= 0.3 is 0 Å². The van der Waals surface area contributed by atoms with Crippen LogP contribution in [0.2, 0.25) is 5.15 Å². The molecule has 0 unspecified atom stereocenters. The zero-order valence-corrected chi connectivity index (χ0v) is 11.2. The number of rotatable bonds is 4. The molecule has 0 aliphatic carbocycles. The van der Waals surface area contributed by atoms with Crippen molar-refractivity contribution in [1.29, 1.82) is 0 Å². The van der Waals surface area contributed by atoms with Crippen LogP contribution in [0.1, 0.15) is 19.4 Å². The minimum atomic E-state index is -0.515. The molecule has 0 saturated carbocycles. The number of carbonyl (C=O) groups is 1. The van der Waals surface area contributed by atoms with E-state index in [9.17, 15) is 4.79 Å². The average molecular weight is 257 g/mol. The van der Waals surface area contributed by atoms with Crippen molar-refractivity contribution in [3.05, 3.63) is 17.0 Å². The van der Waals surface area contributed by atoms with Gasteiger partial charge in [-0.25, -0.2) is 9.97 Å². The maximum Gasteiger partial charge on any atom is 0.227 e. The van der Waals surface area contributed by atoms with E-state index in [0.717, 1.165) is 5.56 Å². The lowest BCUT2D eigenvalue weighted by Gasteiger charge is -2.23. The summed E-state index contributed by atoms with van der Waals surface area (Å²) in [6, 6.07) is 0. The first kappa shape index (κ1) is 13.7. The van der Waals surface area contributed by atoms with Gasteiger partial charge in [0.1, 0.15) is 17.3 Å². The topological polar surface area (TPSA) is 66.9 Å². The van der Waals surface area contributed by atoms with Crippen molar-refractivity contribution in [3.8, 4) is 0 Å². The summed E-state index contributed by atoms with van der Waals surface area (Å²) in [5.74, 6) is 0.629. The average Bonchev–Trinajstić information content (AvgIpc) is 2.30. The van der Waals surface area contributed by atoms with E-state index < -0.39 is 5.41 Å². The second kappa shape index (κ2) is 5.31. The van der Waals surface area contributed by atoms with Gasteiger partial charge < -0.3 is 10.6 Å². The molecule has 1 amide bonds. The highest BCUT2D eigenvalue weighted by Crippen LogP contribution is 2.21. The van der Waals surface area contributed by atoms with Crippen LogP contribution >= 0.6 is 11.6 Å². The molecule has 0 bridgehead atoms. The molecular formula is C11H17ClN4O. The van der Waals surface area contributed by atoms with Crippen molar-refractivity contribution < 1.29 is 4.79 Å². The van der Waals surface area contributed by atoms with Crippen molar-refractivity contribution in [2.24, 2.45) is 5.41 Å². The van der Waals surface area contributed by atoms with Gasteiger partial charge in [-0.3, -0.25) is 4.79 Å². The van der Waals surface area contributed by atoms with Crippen LogP contribution in [0.25, 0.3) is 0 Å². The second-order valence-corrected chi connectivity index (χ2v) is 4.81. The van der Waals surface area contributed by atoms with Gasteiger partial charge in [0.15, 0.2) is 0 Å². The first-order chi connectivity index (χ1) is 7.88. The molecule has 1 rings (SSSR count). The molecular weight excluding hydrogens is 240 g/mol. The molecule has 94 valence electrons. The first-order valence-corrected chi connectivity index (χ1v) is 5.69. The van der Waals surface area contributed by atoms with Crippen LogP contribution in [-0.4, -0.2) is 29.5 Å². The van der Waals surface area contributed by atoms with Gasteiger partial charge in [-0.15, -0.1) is 0 Å². The fourth-order valence-electron chi connectivity index (χ4n) is 1.33. The second-order valence-electron chi connectivity index (χ2n) is 4.45. The van der Waals surface area contributed by atoms with Crippen LogP contribution in [0, 0.1) is 12.3 Å². The van der Waals surface area contributed by atoms with Gasteiger partial charge in [0.25, 0.3) is 0 Å². The van der Waals surface area contributed by atoms with E-state index in [1.165, 1.54) is 6.33 Å². The Kier molecular flexibility index (Phi) is 4.28. The molecule has 1 heterocycles. The molecule has 0 saturated heterocycles. The first-order valence-electron chi connectivity index (χ1n) is 5.31. The summed E-state index contributed by atoms with van der Waals surface area (Å²) in [7, 11) is 1.62. The Morgan fingerprint density at radius 3 is 2.71 bits per heavy atom. The Morgan fingerprint density at radius 1 is 1.47 bits per heavy atom. The molecule has 5 nitrogen and oxygen atoms in total. The molecule has 2 N–H and O–H groups in total. The van der Waals surface area contributed by atoms with Crippen molar-refractivity contribution in [2.45, 2.75) is 20.8 Å². The third kappa shape index (κ3) is 3.30. The number of nitrogens with zero attached hydrogens (tertiary/aromatic N) is 2. The summed E-state index contributed by atoms with van der Waals surface area (Å²) in [4.78, 5) is 19.6. The van der Waals surface area contributed by atoms with Gasteiger partial charge in [-0.1, -0.05) is 11.6 Å². The Bertz CT molecular complexity index is 420. The van der Waals surface area contributed by atoms with Crippen LogP contribution in [0.15, 0.2) is 6.33 Å². The molecule has 6 heteroatoms. The van der Waals surface area contributed by atoms with E-state index in [2.05, 4.69) is 20.6 Å². The molecule has 17 heavy (non-hydrogen) atoms. The predicted octanol–water partition coefficient (Wildman–Crippen LogP) is 1.62. The molecule has 0 spiro atoms. The van der Waals surface area contributed by atoms with Crippen LogP contribution in [-0.2, 0) is 4.79 Å². The number of carbonyl (C=O) groups excluding carboxylic acids is 1. The summed E-state index contributed by atoms with van der Waals surface area (Å²) in [5.41, 5.74) is 0.264. The summed E-state index contributed by atoms with van der Waals surface area (Å²) in [5, 5.41) is 6.16. The third-order valence-electron chi connectivity index (χ3n) is 2.56. The van der Waals surface area contributed by atoms with Crippen molar-refractivity contribution >= 4 is 23.3 Å². The summed E-state index contributed by atoms with van der Waals surface area (Å²) in [6.07, 6.45) is 1.39. The number of anilines is 1. The van der Waals surface area contributed by atoms with Gasteiger partial charge in [-0.05, 0) is 20.8 Å². The summed E-state index contributed by atoms with van der Waals surface area (Å²) in [6.45, 7) is 6.02. The largest absolute Gasteiger partial charge is 0.369 e. The quantitative estimate of drug-likeness (QED) is 0.804. The molecule has 1 aromatic heterocycles. The highest BCUT2D eigenvalue weighted by Gasteiger charge is 2.26. The molecule has 0 atom stereocenters. The van der Waals surface area contributed by atoms with Gasteiger partial charge in [0.2, 0.25) is 5.91 Å². The Hall–Kier alpha value is -1.36. The standard InChI is InChI=1S/C11H17ClN4O/c1-7-8(12)15-6-16-9(7)14-5-11(2,3)10(17)13-4/h6H,5H2,1-4H3,(H,13,17)(H,14,15,16). The van der Waals surface area contributed by atoms with Crippen molar-refractivity contribution in [3.63, 3.8) is 0 Å². The summed E-state index contributed by atoms with van der Waals surface area (Å²) < 4.78 is 0. The Morgan fingerprint density at radius 2 is 2.12 bits per heavy atom. The van der Waals surface area contributed by atoms with E-state index in [1.807, 2.05) is 20.8 Å². The number of aromatic nitrogens is 2. The number of hydrogen-bond donors (Lipinski definition) is 2. The SMILES string of the molecule is CNC(=O)C(C)(C)CNc1ncnc(Cl)c1C. The van der Waals surface area contributed by atoms with Crippen LogP contribution < -0.4 is 10.6 Å². The predicted molar refractivity (Wildman–Crippen MR) is 68.1 cm³/mol. The fourth-order valence-corrected chi connectivity index (χ4v) is 1.46. The van der Waals surface area contributed by atoms with E-state index in [4.69, 9.17) is 11.6 Å². The highest BCUT2D eigenvalue weighted by molar-refractivity contribution is 6.30. The van der Waals surface area contributed by atoms with E-state index >= 15 is 0 Å². The molecule has 0 fully saturated rings. The van der Waals surface area contributed by atoms with Gasteiger partial charge in [0, 0.05) is 19.2 Å². The number of nitrogens with one attached hydrogen (secondary N) is 2. The molecule has 0 radical (unpaired) electrons. The monoisotopic (exact) mass is 256 g/mol. The minimum Gasteiger partial charge on any atom is -0.369 e. The number of halogens is 1. The van der Waals surface area contributed by atoms with Gasteiger partial charge in [-0.2, -0.15) is 0 Å². The Balaban J connectivity index is 2.74. The number of hydrogen-bond acceptors (Lipinski definition) is 4. The molecule has 0 aliphatic rings. The van der Waals surface area contributed by atoms with E-state index in [-0.39, 0.29) is 5.91 Å². The maximum atomic E-state index is 11.6. The lowest BCUT2D eigenvalue weighted by atomic mass is 9.92. The highest BCUT2D eigenvalue weighted by atomic mass is 35.5. The molecule has 0 aromatic carbocycles. The maximum absolute atomic E-state index is 11.6. The van der Waals surface area contributed by atoms with E-state index in [0.29, 0.717) is 17.5 Å². The Labute approximate surface area is 106 Å². The zero-order valence-electron chi connectivity index (χ0n) is 10.5. The molecule has 0 aliphatic heterocycles. The van der Waals surface area contributed by atoms with Crippen LogP contribution in [0.4, 0.5) is 5.82 Å². The normalized spacial score (nSPS) is 11.1. The van der Waals surface area contributed by atoms with Crippen LogP contribution in [0.3, 0.4) is 0 Å². The smallest absolute Gasteiger partial charge is 0.227 e. The van der Waals surface area contributed by atoms with E-state index in [1.54, 1.807) is 7.05 Å². The number of amides is 1. The fraction of sp³-hybridized carbons (Fsp3) is 0.545. The van der Waals surface area contributed by atoms with Crippen LogP contribution in [0.5, 0.6) is 0 Å². The lowest BCUT2D eigenvalue weighted by Crippen LogP contribution is -2.39. The van der Waals surface area contributed by atoms with Gasteiger partial charge in [0.05, 0.1) is 5.41 Å².